The molecular weight excluding hydrogens is 663 g/mol. The van der Waals surface area contributed by atoms with E-state index in [1.807, 2.05) is 93.6 Å². The maximum Gasteiger partial charge on any atom is 0.323 e. The average molecular weight is 704 g/mol. The van der Waals surface area contributed by atoms with Crippen LogP contribution in [0, 0.1) is 0 Å². The highest BCUT2D eigenvalue weighted by atomic mass is 35.6. The molecule has 4 atom stereocenters. The molecule has 3 aromatic rings. The Balaban J connectivity index is 1.33. The number of likely N-dealkylation sites (tertiary alicyclic amines) is 1. The lowest BCUT2D eigenvalue weighted by atomic mass is 9.98. The van der Waals surface area contributed by atoms with Crippen LogP contribution in [-0.4, -0.2) is 56.5 Å². The number of hydrogen-bond donors (Lipinski definition) is 2. The molecule has 0 aromatic heterocycles. The molecule has 2 fully saturated rings. The SMILES string of the molecule is CC(C)(C)OC(=O)[C@@H]1CCCN1C[C@@H]1C[C@H](c2ccc(CO)cc2)O[C@H](c2ccc(-c3cccc(CNC(=O)C(Cl)(Cl)Cl)c3)cc2)O1. The zero-order chi connectivity index (χ0) is 33.8. The zero-order valence-electron chi connectivity index (χ0n) is 26.8. The predicted octanol–water partition coefficient (Wildman–Crippen LogP) is 7.18. The number of ether oxygens (including phenoxy) is 3. The van der Waals surface area contributed by atoms with Crippen molar-refractivity contribution in [3.8, 4) is 11.1 Å². The van der Waals surface area contributed by atoms with Crippen molar-refractivity contribution in [1.82, 2.24) is 10.2 Å². The smallest absolute Gasteiger partial charge is 0.323 e. The number of aliphatic hydroxyl groups is 1. The first-order chi connectivity index (χ1) is 22.3. The fourth-order valence-electron chi connectivity index (χ4n) is 5.95. The Labute approximate surface area is 291 Å². The molecule has 11 heteroatoms. The predicted molar refractivity (Wildman–Crippen MR) is 183 cm³/mol. The number of halogens is 3. The molecule has 1 amide bonds. The van der Waals surface area contributed by atoms with E-state index in [1.165, 1.54) is 0 Å². The van der Waals surface area contributed by atoms with Crippen molar-refractivity contribution in [3.63, 3.8) is 0 Å². The first kappa shape index (κ1) is 35.6. The normalized spacial score (nSPS) is 22.2. The fraction of sp³-hybridized carbons (Fsp3) is 0.444. The molecule has 0 bridgehead atoms. The highest BCUT2D eigenvalue weighted by molar-refractivity contribution is 6.76. The molecule has 252 valence electrons. The lowest BCUT2D eigenvalue weighted by molar-refractivity contribution is -0.253. The largest absolute Gasteiger partial charge is 0.459 e. The Morgan fingerprint density at radius 2 is 1.64 bits per heavy atom. The monoisotopic (exact) mass is 702 g/mol. The molecule has 2 aliphatic rings. The van der Waals surface area contributed by atoms with Gasteiger partial charge in [0.15, 0.2) is 6.29 Å². The van der Waals surface area contributed by atoms with E-state index in [0.717, 1.165) is 52.8 Å². The highest BCUT2D eigenvalue weighted by Crippen LogP contribution is 2.39. The topological polar surface area (TPSA) is 97.3 Å². The summed E-state index contributed by atoms with van der Waals surface area (Å²) < 4.78 is 16.8. The van der Waals surface area contributed by atoms with Crippen molar-refractivity contribution < 1.29 is 28.9 Å². The van der Waals surface area contributed by atoms with Gasteiger partial charge in [-0.05, 0) is 74.0 Å². The summed E-state index contributed by atoms with van der Waals surface area (Å²) in [6, 6.07) is 23.2. The van der Waals surface area contributed by atoms with Gasteiger partial charge in [-0.3, -0.25) is 14.5 Å². The number of alkyl halides is 3. The van der Waals surface area contributed by atoms with Gasteiger partial charge in [-0.15, -0.1) is 0 Å². The van der Waals surface area contributed by atoms with Crippen molar-refractivity contribution in [3.05, 3.63) is 95.1 Å². The van der Waals surface area contributed by atoms with Crippen molar-refractivity contribution in [2.24, 2.45) is 0 Å². The molecule has 0 saturated carbocycles. The van der Waals surface area contributed by atoms with E-state index in [9.17, 15) is 14.7 Å². The maximum absolute atomic E-state index is 13.0. The van der Waals surface area contributed by atoms with Crippen LogP contribution >= 0.6 is 34.8 Å². The van der Waals surface area contributed by atoms with Crippen molar-refractivity contribution in [2.75, 3.05) is 13.1 Å². The van der Waals surface area contributed by atoms with Crippen molar-refractivity contribution >= 4 is 46.7 Å². The van der Waals surface area contributed by atoms with E-state index in [0.29, 0.717) is 13.0 Å². The number of aliphatic hydroxyl groups excluding tert-OH is 1. The second kappa shape index (κ2) is 15.2. The third-order valence-corrected chi connectivity index (χ3v) is 8.76. The third kappa shape index (κ3) is 9.70. The summed E-state index contributed by atoms with van der Waals surface area (Å²) >= 11 is 17.0. The fourth-order valence-corrected chi connectivity index (χ4v) is 6.15. The van der Waals surface area contributed by atoms with Crippen LogP contribution in [0.1, 0.15) is 74.7 Å². The number of benzene rings is 3. The molecule has 0 radical (unpaired) electrons. The van der Waals surface area contributed by atoms with Gasteiger partial charge in [-0.2, -0.15) is 0 Å². The van der Waals surface area contributed by atoms with Crippen LogP contribution in [0.15, 0.2) is 72.8 Å². The molecule has 47 heavy (non-hydrogen) atoms. The van der Waals surface area contributed by atoms with Gasteiger partial charge in [0.1, 0.15) is 11.6 Å². The molecule has 2 heterocycles. The molecular formula is C36H41Cl3N2O6. The van der Waals surface area contributed by atoms with Gasteiger partial charge in [0, 0.05) is 25.1 Å². The lowest BCUT2D eigenvalue weighted by Gasteiger charge is -2.38. The summed E-state index contributed by atoms with van der Waals surface area (Å²) in [5, 5.41) is 12.2. The number of nitrogens with zero attached hydrogens (tertiary/aromatic N) is 1. The van der Waals surface area contributed by atoms with Crippen LogP contribution in [-0.2, 0) is 37.0 Å². The number of nitrogens with one attached hydrogen (secondary N) is 1. The van der Waals surface area contributed by atoms with Gasteiger partial charge in [0.05, 0.1) is 18.8 Å². The standard InChI is InChI=1S/C36H41Cl3N2O6/c1-35(2,3)47-32(43)30-8-5-17-41(30)21-29-19-31(26-11-9-23(22-42)10-12-26)46-33(45-29)27-15-13-25(14-16-27)28-7-4-6-24(18-28)20-40-34(44)36(37,38)39/h4,6-7,9-16,18,29-31,33,42H,5,8,17,19-22H2,1-3H3,(H,40,44)/t29-,30-,31+,33+/m0/s1. The van der Waals surface area contributed by atoms with Gasteiger partial charge in [0.2, 0.25) is 0 Å². The summed E-state index contributed by atoms with van der Waals surface area (Å²) in [4.78, 5) is 27.2. The van der Waals surface area contributed by atoms with Gasteiger partial charge in [-0.25, -0.2) is 0 Å². The molecule has 2 N–H and O–H groups in total. The first-order valence-electron chi connectivity index (χ1n) is 15.8. The molecule has 2 aliphatic heterocycles. The van der Waals surface area contributed by atoms with Gasteiger partial charge >= 0.3 is 5.97 Å². The van der Waals surface area contributed by atoms with E-state index in [4.69, 9.17) is 49.0 Å². The van der Waals surface area contributed by atoms with Crippen LogP contribution in [0.25, 0.3) is 11.1 Å². The molecule has 0 aliphatic carbocycles. The van der Waals surface area contributed by atoms with Gasteiger partial charge in [-0.1, -0.05) is 102 Å². The van der Waals surface area contributed by atoms with Gasteiger partial charge in [0.25, 0.3) is 9.70 Å². The van der Waals surface area contributed by atoms with Crippen molar-refractivity contribution in [2.45, 2.75) is 87.1 Å². The zero-order valence-corrected chi connectivity index (χ0v) is 29.0. The van der Waals surface area contributed by atoms with Crippen LogP contribution in [0.2, 0.25) is 0 Å². The summed E-state index contributed by atoms with van der Waals surface area (Å²) in [5.74, 6) is -0.877. The number of carbonyl (C=O) groups is 2. The highest BCUT2D eigenvalue weighted by Gasteiger charge is 2.39. The van der Waals surface area contributed by atoms with Gasteiger partial charge < -0.3 is 24.6 Å². The Kier molecular flexibility index (Phi) is 11.6. The summed E-state index contributed by atoms with van der Waals surface area (Å²) in [7, 11) is 0. The third-order valence-electron chi connectivity index (χ3n) is 8.25. The van der Waals surface area contributed by atoms with Crippen LogP contribution in [0.3, 0.4) is 0 Å². The van der Waals surface area contributed by atoms with E-state index < -0.39 is 21.6 Å². The Bertz CT molecular complexity index is 1520. The number of hydrogen-bond acceptors (Lipinski definition) is 7. The Morgan fingerprint density at radius 1 is 0.936 bits per heavy atom. The van der Waals surface area contributed by atoms with Crippen LogP contribution in [0.5, 0.6) is 0 Å². The molecule has 3 aromatic carbocycles. The quantitative estimate of drug-likeness (QED) is 0.180. The Morgan fingerprint density at radius 3 is 2.30 bits per heavy atom. The number of rotatable bonds is 9. The summed E-state index contributed by atoms with van der Waals surface area (Å²) in [6.45, 7) is 7.23. The maximum atomic E-state index is 13.0. The second-order valence-electron chi connectivity index (χ2n) is 13.0. The minimum absolute atomic E-state index is 0.0277. The van der Waals surface area contributed by atoms with Crippen molar-refractivity contribution in [1.29, 1.82) is 0 Å². The summed E-state index contributed by atoms with van der Waals surface area (Å²) in [5.41, 5.74) is 4.95. The average Bonchev–Trinajstić information content (AvgIpc) is 3.51. The van der Waals surface area contributed by atoms with E-state index in [1.54, 1.807) is 0 Å². The van der Waals surface area contributed by atoms with E-state index >= 15 is 0 Å². The minimum atomic E-state index is -2.02. The molecule has 8 nitrogen and oxygen atoms in total. The molecule has 5 rings (SSSR count). The summed E-state index contributed by atoms with van der Waals surface area (Å²) in [6.07, 6.45) is 1.23. The minimum Gasteiger partial charge on any atom is -0.459 e. The van der Waals surface area contributed by atoms with E-state index in [2.05, 4.69) is 10.2 Å². The number of carbonyl (C=O) groups excluding carboxylic acids is 2. The molecule has 0 unspecified atom stereocenters. The number of amides is 1. The van der Waals surface area contributed by atoms with Crippen LogP contribution in [0.4, 0.5) is 0 Å². The second-order valence-corrected chi connectivity index (χ2v) is 15.3. The number of esters is 1. The first-order valence-corrected chi connectivity index (χ1v) is 16.9. The van der Waals surface area contributed by atoms with Crippen LogP contribution < -0.4 is 5.32 Å². The Hall–Kier alpha value is -2.69. The lowest BCUT2D eigenvalue weighted by Crippen LogP contribution is -2.45. The molecule has 0 spiro atoms. The van der Waals surface area contributed by atoms with E-state index in [-0.39, 0.29) is 37.4 Å². The molecule has 2 saturated heterocycles.